The molecule has 2 aliphatic rings. The van der Waals surface area contributed by atoms with E-state index < -0.39 is 24.2 Å². The van der Waals surface area contributed by atoms with E-state index in [1.165, 1.54) is 11.0 Å². The van der Waals surface area contributed by atoms with Crippen LogP contribution in [0.15, 0.2) is 61.2 Å². The molecule has 0 spiro atoms. The molecule has 1 saturated heterocycles. The second kappa shape index (κ2) is 9.55. The quantitative estimate of drug-likeness (QED) is 0.406. The van der Waals surface area contributed by atoms with Crippen LogP contribution in [0.25, 0.3) is 11.1 Å². The summed E-state index contributed by atoms with van der Waals surface area (Å²) < 4.78 is 15.5. The van der Waals surface area contributed by atoms with Crippen LogP contribution < -0.4 is 5.32 Å². The lowest BCUT2D eigenvalue weighted by Gasteiger charge is -2.21. The summed E-state index contributed by atoms with van der Waals surface area (Å²) in [5, 5.41) is 2.53. The minimum absolute atomic E-state index is 0.0784. The predicted molar refractivity (Wildman–Crippen MR) is 116 cm³/mol. The van der Waals surface area contributed by atoms with Gasteiger partial charge in [-0.25, -0.2) is 14.4 Å². The number of cyclic esters (lactones) is 1. The molecule has 2 aromatic carbocycles. The molecule has 2 aromatic rings. The highest BCUT2D eigenvalue weighted by molar-refractivity contribution is 5.84. The molecule has 0 aromatic heterocycles. The van der Waals surface area contributed by atoms with Crippen LogP contribution in [0.1, 0.15) is 23.5 Å². The fourth-order valence-corrected chi connectivity index (χ4v) is 4.07. The van der Waals surface area contributed by atoms with E-state index in [4.69, 9.17) is 14.2 Å². The van der Waals surface area contributed by atoms with Crippen LogP contribution in [0.5, 0.6) is 0 Å². The molecule has 1 N–H and O–H groups in total. The highest BCUT2D eigenvalue weighted by Gasteiger charge is 2.39. The van der Waals surface area contributed by atoms with Gasteiger partial charge in [0, 0.05) is 12.5 Å². The summed E-state index contributed by atoms with van der Waals surface area (Å²) in [6.07, 6.45) is 0.389. The summed E-state index contributed by atoms with van der Waals surface area (Å²) in [7, 11) is 0. The second-order valence-corrected chi connectivity index (χ2v) is 7.48. The Balaban J connectivity index is 1.37. The van der Waals surface area contributed by atoms with Crippen molar-refractivity contribution in [2.24, 2.45) is 0 Å². The van der Waals surface area contributed by atoms with E-state index in [0.717, 1.165) is 22.3 Å². The maximum atomic E-state index is 12.8. The topological polar surface area (TPSA) is 94.2 Å². The number of hydrogen-bond donors (Lipinski definition) is 1. The third kappa shape index (κ3) is 4.30. The fraction of sp³-hybridized carbons (Fsp3) is 0.292. The number of amides is 2. The molecule has 1 atom stereocenters. The van der Waals surface area contributed by atoms with Crippen molar-refractivity contribution in [3.05, 3.63) is 72.3 Å². The van der Waals surface area contributed by atoms with E-state index in [1.54, 1.807) is 0 Å². The van der Waals surface area contributed by atoms with E-state index in [2.05, 4.69) is 24.0 Å². The van der Waals surface area contributed by atoms with Crippen molar-refractivity contribution in [1.29, 1.82) is 0 Å². The number of hydrogen-bond acceptors (Lipinski definition) is 6. The Morgan fingerprint density at radius 3 is 2.41 bits per heavy atom. The number of carbonyl (C=O) groups is 3. The van der Waals surface area contributed by atoms with Gasteiger partial charge in [0.05, 0.1) is 0 Å². The van der Waals surface area contributed by atoms with Crippen LogP contribution in [0.3, 0.4) is 0 Å². The Morgan fingerprint density at radius 2 is 1.75 bits per heavy atom. The smallest absolute Gasteiger partial charge is 0.413 e. The molecule has 0 unspecified atom stereocenters. The van der Waals surface area contributed by atoms with E-state index in [-0.39, 0.29) is 38.8 Å². The molecule has 1 fully saturated rings. The Hall–Kier alpha value is -3.81. The van der Waals surface area contributed by atoms with Gasteiger partial charge in [0.15, 0.2) is 6.73 Å². The molecule has 2 amide bonds. The largest absolute Gasteiger partial charge is 0.448 e. The fourth-order valence-electron chi connectivity index (χ4n) is 4.07. The molecule has 0 bridgehead atoms. The summed E-state index contributed by atoms with van der Waals surface area (Å²) in [6, 6.07) is 15.3. The number of rotatable bonds is 7. The maximum absolute atomic E-state index is 12.8. The number of fused-ring (bicyclic) bond motifs is 3. The van der Waals surface area contributed by atoms with Gasteiger partial charge < -0.3 is 19.5 Å². The van der Waals surface area contributed by atoms with E-state index >= 15 is 0 Å². The molecule has 4 rings (SSSR count). The monoisotopic (exact) mass is 436 g/mol. The number of nitrogens with zero attached hydrogens (tertiary/aromatic N) is 1. The van der Waals surface area contributed by atoms with Crippen LogP contribution in [0, 0.1) is 0 Å². The summed E-state index contributed by atoms with van der Waals surface area (Å²) in [6.45, 7) is 3.66. The molecule has 32 heavy (non-hydrogen) atoms. The zero-order chi connectivity index (χ0) is 22.5. The lowest BCUT2D eigenvalue weighted by Crippen LogP contribution is -2.41. The number of esters is 1. The van der Waals surface area contributed by atoms with E-state index in [9.17, 15) is 14.4 Å². The minimum atomic E-state index is -0.828. The maximum Gasteiger partial charge on any atom is 0.413 e. The summed E-state index contributed by atoms with van der Waals surface area (Å²) in [4.78, 5) is 37.6. The van der Waals surface area contributed by atoms with Gasteiger partial charge in [-0.2, -0.15) is 0 Å². The van der Waals surface area contributed by atoms with Crippen molar-refractivity contribution in [2.75, 3.05) is 26.5 Å². The van der Waals surface area contributed by atoms with Gasteiger partial charge in [0.25, 0.3) is 0 Å². The highest BCUT2D eigenvalue weighted by Crippen LogP contribution is 2.44. The normalized spacial score (nSPS) is 16.7. The predicted octanol–water partition coefficient (Wildman–Crippen LogP) is 3.42. The van der Waals surface area contributed by atoms with Crippen molar-refractivity contribution < 1.29 is 28.6 Å². The first-order valence-corrected chi connectivity index (χ1v) is 10.4. The Kier molecular flexibility index (Phi) is 6.39. The third-order valence-electron chi connectivity index (χ3n) is 5.58. The number of carbonyl (C=O) groups excluding carboxylic acids is 3. The number of benzene rings is 2. The van der Waals surface area contributed by atoms with Crippen LogP contribution in [0.2, 0.25) is 0 Å². The Labute approximate surface area is 185 Å². The molecule has 0 saturated carbocycles. The molecule has 8 heteroatoms. The molecule has 8 nitrogen and oxygen atoms in total. The number of ether oxygens (including phenoxy) is 3. The Morgan fingerprint density at radius 1 is 1.09 bits per heavy atom. The number of alkyl carbamates (subject to hydrolysis) is 1. The molecular formula is C24H24N2O6. The third-order valence-corrected chi connectivity index (χ3v) is 5.58. The molecular weight excluding hydrogens is 412 g/mol. The van der Waals surface area contributed by atoms with Crippen molar-refractivity contribution in [1.82, 2.24) is 10.2 Å². The van der Waals surface area contributed by atoms with Gasteiger partial charge >= 0.3 is 18.2 Å². The molecule has 1 aliphatic heterocycles. The van der Waals surface area contributed by atoms with Gasteiger partial charge in [-0.05, 0) is 28.7 Å². The zero-order valence-electron chi connectivity index (χ0n) is 17.5. The summed E-state index contributed by atoms with van der Waals surface area (Å²) in [5.41, 5.74) is 4.48. The van der Waals surface area contributed by atoms with Crippen molar-refractivity contribution >= 4 is 18.2 Å². The van der Waals surface area contributed by atoms with E-state index in [1.807, 2.05) is 36.4 Å². The Bertz CT molecular complexity index is 991. The SMILES string of the molecule is C=CCOC(=O)NCC[C@H]1C(=O)OCN1C(=O)OCC1c2ccccc2-c2ccccc21. The average Bonchev–Trinajstić information content (AvgIpc) is 3.34. The van der Waals surface area contributed by atoms with Crippen molar-refractivity contribution in [3.8, 4) is 11.1 Å². The molecule has 0 radical (unpaired) electrons. The van der Waals surface area contributed by atoms with Crippen LogP contribution in [-0.2, 0) is 19.0 Å². The van der Waals surface area contributed by atoms with Gasteiger partial charge in [0.1, 0.15) is 19.3 Å². The van der Waals surface area contributed by atoms with Gasteiger partial charge in [-0.3, -0.25) is 4.90 Å². The van der Waals surface area contributed by atoms with Crippen LogP contribution in [0.4, 0.5) is 9.59 Å². The van der Waals surface area contributed by atoms with Gasteiger partial charge in [0.2, 0.25) is 0 Å². The molecule has 1 aliphatic carbocycles. The zero-order valence-corrected chi connectivity index (χ0v) is 17.5. The first-order valence-electron chi connectivity index (χ1n) is 10.4. The van der Waals surface area contributed by atoms with Gasteiger partial charge in [-0.1, -0.05) is 61.2 Å². The lowest BCUT2D eigenvalue weighted by molar-refractivity contribution is -0.139. The highest BCUT2D eigenvalue weighted by atomic mass is 16.6. The minimum Gasteiger partial charge on any atom is -0.448 e. The van der Waals surface area contributed by atoms with Crippen molar-refractivity contribution in [3.63, 3.8) is 0 Å². The standard InChI is InChI=1S/C24H24N2O6/c1-2-13-30-23(28)25-12-11-21-22(27)32-15-26(21)24(29)31-14-20-18-9-5-3-7-16(18)17-8-4-6-10-19(17)20/h2-10,20-21H,1,11-15H2,(H,25,28)/t21-/m0/s1. The first-order chi connectivity index (χ1) is 15.6. The summed E-state index contributed by atoms with van der Waals surface area (Å²) >= 11 is 0. The van der Waals surface area contributed by atoms with Crippen LogP contribution >= 0.6 is 0 Å². The summed E-state index contributed by atoms with van der Waals surface area (Å²) in [5.74, 6) is -0.606. The number of nitrogens with one attached hydrogen (secondary N) is 1. The van der Waals surface area contributed by atoms with Crippen LogP contribution in [-0.4, -0.2) is 55.6 Å². The first kappa shape index (κ1) is 21.4. The molecule has 1 heterocycles. The van der Waals surface area contributed by atoms with Crippen molar-refractivity contribution in [2.45, 2.75) is 18.4 Å². The van der Waals surface area contributed by atoms with E-state index in [0.29, 0.717) is 0 Å². The van der Waals surface area contributed by atoms with Gasteiger partial charge in [-0.15, -0.1) is 0 Å². The second-order valence-electron chi connectivity index (χ2n) is 7.48. The average molecular weight is 436 g/mol. The lowest BCUT2D eigenvalue weighted by atomic mass is 9.98. The molecule has 166 valence electrons.